The summed E-state index contributed by atoms with van der Waals surface area (Å²) in [5, 5.41) is 11.8. The SMILES string of the molecule is CCCNC(=O)c1cccc(C(=O)N(C)CC(=O)N2CCC(C(=O)O)CC2)c1. The molecule has 1 aliphatic heterocycles. The summed E-state index contributed by atoms with van der Waals surface area (Å²) in [5.41, 5.74) is 0.735. The van der Waals surface area contributed by atoms with Gasteiger partial charge in [0.15, 0.2) is 0 Å². The predicted octanol–water partition coefficient (Wildman–Crippen LogP) is 1.22. The molecule has 0 unspecified atom stereocenters. The summed E-state index contributed by atoms with van der Waals surface area (Å²) in [6, 6.07) is 6.41. The van der Waals surface area contributed by atoms with E-state index in [0.717, 1.165) is 6.42 Å². The van der Waals surface area contributed by atoms with Crippen LogP contribution >= 0.6 is 0 Å². The van der Waals surface area contributed by atoms with Crippen LogP contribution in [0.1, 0.15) is 46.9 Å². The third-order valence-electron chi connectivity index (χ3n) is 4.82. The first-order chi connectivity index (χ1) is 13.3. The molecule has 0 aromatic heterocycles. The molecule has 1 saturated heterocycles. The molecule has 8 nitrogen and oxygen atoms in total. The van der Waals surface area contributed by atoms with Crippen molar-refractivity contribution in [3.8, 4) is 0 Å². The number of benzene rings is 1. The average molecular weight is 389 g/mol. The van der Waals surface area contributed by atoms with Gasteiger partial charge in [0.05, 0.1) is 12.5 Å². The van der Waals surface area contributed by atoms with Gasteiger partial charge in [-0.05, 0) is 37.5 Å². The van der Waals surface area contributed by atoms with E-state index < -0.39 is 11.9 Å². The molecule has 1 heterocycles. The van der Waals surface area contributed by atoms with Crippen molar-refractivity contribution in [1.29, 1.82) is 0 Å². The zero-order chi connectivity index (χ0) is 20.7. The maximum absolute atomic E-state index is 12.6. The van der Waals surface area contributed by atoms with Crippen molar-refractivity contribution in [2.45, 2.75) is 26.2 Å². The smallest absolute Gasteiger partial charge is 0.306 e. The Labute approximate surface area is 164 Å². The highest BCUT2D eigenvalue weighted by Gasteiger charge is 2.28. The molecule has 1 aromatic carbocycles. The predicted molar refractivity (Wildman–Crippen MR) is 103 cm³/mol. The van der Waals surface area contributed by atoms with Gasteiger partial charge in [-0.1, -0.05) is 13.0 Å². The van der Waals surface area contributed by atoms with Gasteiger partial charge in [0.25, 0.3) is 11.8 Å². The quantitative estimate of drug-likeness (QED) is 0.729. The number of rotatable bonds is 7. The van der Waals surface area contributed by atoms with Crippen LogP contribution in [0.3, 0.4) is 0 Å². The van der Waals surface area contributed by atoms with Crippen LogP contribution in [0, 0.1) is 5.92 Å². The second kappa shape index (κ2) is 9.87. The second-order valence-corrected chi connectivity index (χ2v) is 6.99. The largest absolute Gasteiger partial charge is 0.481 e. The van der Waals surface area contributed by atoms with Crippen LogP contribution in [-0.4, -0.2) is 71.8 Å². The Morgan fingerprint density at radius 1 is 1.18 bits per heavy atom. The molecule has 0 atom stereocenters. The molecule has 0 saturated carbocycles. The fourth-order valence-corrected chi connectivity index (χ4v) is 3.10. The number of nitrogens with one attached hydrogen (secondary N) is 1. The average Bonchev–Trinajstić information content (AvgIpc) is 2.71. The molecule has 2 rings (SSSR count). The molecule has 1 aromatic rings. The summed E-state index contributed by atoms with van der Waals surface area (Å²) in [5.74, 6) is -2.04. The number of carbonyl (C=O) groups excluding carboxylic acids is 3. The molecule has 1 fully saturated rings. The lowest BCUT2D eigenvalue weighted by molar-refractivity contribution is -0.145. The summed E-state index contributed by atoms with van der Waals surface area (Å²) >= 11 is 0. The lowest BCUT2D eigenvalue weighted by atomic mass is 9.97. The maximum atomic E-state index is 12.6. The van der Waals surface area contributed by atoms with Crippen LogP contribution in [0.15, 0.2) is 24.3 Å². The Bertz CT molecular complexity index is 741. The van der Waals surface area contributed by atoms with Gasteiger partial charge in [-0.25, -0.2) is 0 Å². The van der Waals surface area contributed by atoms with Crippen molar-refractivity contribution in [3.63, 3.8) is 0 Å². The Hall–Kier alpha value is -2.90. The summed E-state index contributed by atoms with van der Waals surface area (Å²) in [6.07, 6.45) is 1.67. The Morgan fingerprint density at radius 3 is 2.43 bits per heavy atom. The molecule has 1 aliphatic rings. The molecule has 152 valence electrons. The standard InChI is InChI=1S/C20H27N3O5/c1-3-9-21-18(25)15-5-4-6-16(12-15)19(26)22(2)13-17(24)23-10-7-14(8-11-23)20(27)28/h4-6,12,14H,3,7-11,13H2,1-2H3,(H,21,25)(H,27,28). The first-order valence-electron chi connectivity index (χ1n) is 9.47. The number of hydrogen-bond acceptors (Lipinski definition) is 4. The molecule has 0 radical (unpaired) electrons. The first-order valence-corrected chi connectivity index (χ1v) is 9.47. The van der Waals surface area contributed by atoms with Gasteiger partial charge in [0.1, 0.15) is 0 Å². The van der Waals surface area contributed by atoms with Crippen LogP contribution in [0.25, 0.3) is 0 Å². The number of carboxylic acids is 1. The molecule has 0 aliphatic carbocycles. The number of carbonyl (C=O) groups is 4. The molecule has 0 bridgehead atoms. The third-order valence-corrected chi connectivity index (χ3v) is 4.82. The van der Waals surface area contributed by atoms with Crippen LogP contribution in [0.2, 0.25) is 0 Å². The molecule has 2 N–H and O–H groups in total. The van der Waals surface area contributed by atoms with Crippen LogP contribution in [0.4, 0.5) is 0 Å². The summed E-state index contributed by atoms with van der Waals surface area (Å²) in [6.45, 7) is 3.18. The van der Waals surface area contributed by atoms with Crippen LogP contribution in [0.5, 0.6) is 0 Å². The summed E-state index contributed by atoms with van der Waals surface area (Å²) < 4.78 is 0. The van der Waals surface area contributed by atoms with E-state index in [1.165, 1.54) is 18.0 Å². The molecule has 28 heavy (non-hydrogen) atoms. The number of likely N-dealkylation sites (tertiary alicyclic amines) is 1. The van der Waals surface area contributed by atoms with Crippen LogP contribution < -0.4 is 5.32 Å². The highest BCUT2D eigenvalue weighted by Crippen LogP contribution is 2.17. The topological polar surface area (TPSA) is 107 Å². The van der Waals surface area contributed by atoms with Gasteiger partial charge in [-0.15, -0.1) is 0 Å². The van der Waals surface area contributed by atoms with E-state index in [4.69, 9.17) is 5.11 Å². The normalized spacial score (nSPS) is 14.4. The number of nitrogens with zero attached hydrogens (tertiary/aromatic N) is 2. The number of hydrogen-bond donors (Lipinski definition) is 2. The number of amides is 3. The number of aliphatic carboxylic acids is 1. The van der Waals surface area contributed by atoms with Crippen molar-refractivity contribution < 1.29 is 24.3 Å². The van der Waals surface area contributed by atoms with Crippen molar-refractivity contribution in [2.24, 2.45) is 5.92 Å². The van der Waals surface area contributed by atoms with E-state index in [9.17, 15) is 19.2 Å². The third kappa shape index (κ3) is 5.55. The van der Waals surface area contributed by atoms with E-state index in [1.54, 1.807) is 23.1 Å². The number of likely N-dealkylation sites (N-methyl/N-ethyl adjacent to an activating group) is 1. The Balaban J connectivity index is 1.94. The molecular formula is C20H27N3O5. The maximum Gasteiger partial charge on any atom is 0.306 e. The van der Waals surface area contributed by atoms with E-state index in [1.807, 2.05) is 6.92 Å². The van der Waals surface area contributed by atoms with Gasteiger partial charge < -0.3 is 20.2 Å². The lowest BCUT2D eigenvalue weighted by Gasteiger charge is -2.31. The van der Waals surface area contributed by atoms with Gasteiger partial charge in [-0.3, -0.25) is 19.2 Å². The molecule has 0 spiro atoms. The zero-order valence-electron chi connectivity index (χ0n) is 16.3. The van der Waals surface area contributed by atoms with Crippen molar-refractivity contribution in [3.05, 3.63) is 35.4 Å². The molecular weight excluding hydrogens is 362 g/mol. The van der Waals surface area contributed by atoms with Gasteiger partial charge in [0, 0.05) is 37.8 Å². The van der Waals surface area contributed by atoms with Gasteiger partial charge in [-0.2, -0.15) is 0 Å². The van der Waals surface area contributed by atoms with Gasteiger partial charge in [0.2, 0.25) is 5.91 Å². The monoisotopic (exact) mass is 389 g/mol. The summed E-state index contributed by atoms with van der Waals surface area (Å²) in [7, 11) is 1.54. The van der Waals surface area contributed by atoms with Gasteiger partial charge >= 0.3 is 5.97 Å². The fraction of sp³-hybridized carbons (Fsp3) is 0.500. The highest BCUT2D eigenvalue weighted by atomic mass is 16.4. The number of carboxylic acid groups (broad SMARTS) is 1. The Kier molecular flexibility index (Phi) is 7.54. The Morgan fingerprint density at radius 2 is 1.82 bits per heavy atom. The second-order valence-electron chi connectivity index (χ2n) is 6.99. The minimum atomic E-state index is -0.831. The van der Waals surface area contributed by atoms with Crippen molar-refractivity contribution in [1.82, 2.24) is 15.1 Å². The lowest BCUT2D eigenvalue weighted by Crippen LogP contribution is -2.45. The van der Waals surface area contributed by atoms with E-state index in [0.29, 0.717) is 43.6 Å². The minimum absolute atomic E-state index is 0.0944. The minimum Gasteiger partial charge on any atom is -0.481 e. The number of piperidine rings is 1. The highest BCUT2D eigenvalue weighted by molar-refractivity contribution is 6.00. The molecule has 8 heteroatoms. The fourth-order valence-electron chi connectivity index (χ4n) is 3.10. The zero-order valence-corrected chi connectivity index (χ0v) is 16.3. The first kappa shape index (κ1) is 21.4. The van der Waals surface area contributed by atoms with Crippen LogP contribution in [-0.2, 0) is 9.59 Å². The van der Waals surface area contributed by atoms with E-state index in [2.05, 4.69) is 5.32 Å². The molecule has 3 amide bonds. The van der Waals surface area contributed by atoms with E-state index >= 15 is 0 Å². The van der Waals surface area contributed by atoms with Crippen molar-refractivity contribution >= 4 is 23.7 Å². The van der Waals surface area contributed by atoms with E-state index in [-0.39, 0.29) is 24.3 Å². The summed E-state index contributed by atoms with van der Waals surface area (Å²) in [4.78, 5) is 51.1. The van der Waals surface area contributed by atoms with Crippen molar-refractivity contribution in [2.75, 3.05) is 33.2 Å².